The largest absolute Gasteiger partial charge is 0.573 e. The number of carbonyl (C=O) groups is 1. The van der Waals surface area contributed by atoms with Gasteiger partial charge in [-0.15, -0.1) is 13.2 Å². The fourth-order valence-corrected chi connectivity index (χ4v) is 2.11. The summed E-state index contributed by atoms with van der Waals surface area (Å²) in [5.74, 6) is -1.21. The van der Waals surface area contributed by atoms with Gasteiger partial charge in [0.25, 0.3) is 0 Å². The average molecular weight is 373 g/mol. The van der Waals surface area contributed by atoms with E-state index in [1.165, 1.54) is 0 Å². The molecule has 0 heterocycles. The van der Waals surface area contributed by atoms with Crippen LogP contribution < -0.4 is 4.74 Å². The fourth-order valence-electron chi connectivity index (χ4n) is 1.52. The van der Waals surface area contributed by atoms with E-state index in [1.807, 2.05) is 0 Å². The molecule has 1 rings (SSSR count). The first kappa shape index (κ1) is 17.7. The standard InChI is InChI=1S/C12H12BrF3O5/c1-20-10(18)5-9(17)11(19)7-3-2-6(4-8(7)13)21-12(14,15)16/h2-4,9,11,17,19H,5H2,1H3. The average Bonchev–Trinajstić information content (AvgIpc) is 2.36. The van der Waals surface area contributed by atoms with Gasteiger partial charge in [-0.05, 0) is 17.7 Å². The van der Waals surface area contributed by atoms with Crippen molar-refractivity contribution < 1.29 is 37.7 Å². The highest BCUT2D eigenvalue weighted by atomic mass is 79.9. The van der Waals surface area contributed by atoms with E-state index in [4.69, 9.17) is 0 Å². The van der Waals surface area contributed by atoms with Crippen molar-refractivity contribution in [3.8, 4) is 5.75 Å². The van der Waals surface area contributed by atoms with E-state index in [0.29, 0.717) is 0 Å². The van der Waals surface area contributed by atoms with Gasteiger partial charge in [0.2, 0.25) is 0 Å². The number of methoxy groups -OCH3 is 1. The van der Waals surface area contributed by atoms with Gasteiger partial charge in [0, 0.05) is 4.47 Å². The molecule has 0 bridgehead atoms. The number of alkyl halides is 3. The molecular formula is C12H12BrF3O5. The molecule has 0 aliphatic rings. The molecule has 0 spiro atoms. The Bertz CT molecular complexity index is 506. The van der Waals surface area contributed by atoms with Crippen LogP contribution in [-0.4, -0.2) is 35.8 Å². The number of halogens is 4. The molecule has 0 aromatic heterocycles. The molecule has 2 atom stereocenters. The molecule has 118 valence electrons. The molecule has 0 aliphatic heterocycles. The number of ether oxygens (including phenoxy) is 2. The van der Waals surface area contributed by atoms with E-state index in [0.717, 1.165) is 25.3 Å². The summed E-state index contributed by atoms with van der Waals surface area (Å²) in [6.07, 6.45) is -8.21. The van der Waals surface area contributed by atoms with Crippen molar-refractivity contribution in [3.63, 3.8) is 0 Å². The molecule has 0 amide bonds. The van der Waals surface area contributed by atoms with Gasteiger partial charge in [0.05, 0.1) is 19.6 Å². The number of hydrogen-bond donors (Lipinski definition) is 2. The third-order valence-corrected chi connectivity index (χ3v) is 3.18. The second-order valence-corrected chi connectivity index (χ2v) is 4.88. The third kappa shape index (κ3) is 5.52. The van der Waals surface area contributed by atoms with Crippen LogP contribution in [0.1, 0.15) is 18.1 Å². The second-order valence-electron chi connectivity index (χ2n) is 4.02. The number of esters is 1. The van der Waals surface area contributed by atoms with E-state index in [1.54, 1.807) is 0 Å². The van der Waals surface area contributed by atoms with Gasteiger partial charge in [0.15, 0.2) is 0 Å². The smallest absolute Gasteiger partial charge is 0.469 e. The van der Waals surface area contributed by atoms with Crippen LogP contribution in [0.15, 0.2) is 22.7 Å². The summed E-state index contributed by atoms with van der Waals surface area (Å²) in [6.45, 7) is 0. The normalized spacial score (nSPS) is 14.4. The Balaban J connectivity index is 2.86. The predicted octanol–water partition coefficient (Wildman–Crippen LogP) is 2.31. The van der Waals surface area contributed by atoms with E-state index >= 15 is 0 Å². The van der Waals surface area contributed by atoms with Crippen LogP contribution in [0.4, 0.5) is 13.2 Å². The van der Waals surface area contributed by atoms with Crippen LogP contribution in [0, 0.1) is 0 Å². The topological polar surface area (TPSA) is 76.0 Å². The van der Waals surface area contributed by atoms with Crippen molar-refractivity contribution in [2.45, 2.75) is 25.0 Å². The van der Waals surface area contributed by atoms with Crippen LogP contribution in [-0.2, 0) is 9.53 Å². The Morgan fingerprint density at radius 3 is 2.48 bits per heavy atom. The molecule has 0 aliphatic carbocycles. The Morgan fingerprint density at radius 2 is 2.00 bits per heavy atom. The molecule has 21 heavy (non-hydrogen) atoms. The van der Waals surface area contributed by atoms with Crippen LogP contribution in [0.25, 0.3) is 0 Å². The van der Waals surface area contributed by atoms with E-state index in [9.17, 15) is 28.2 Å². The SMILES string of the molecule is COC(=O)CC(O)C(O)c1ccc(OC(F)(F)F)cc1Br. The molecule has 0 saturated heterocycles. The van der Waals surface area contributed by atoms with Gasteiger partial charge in [-0.1, -0.05) is 22.0 Å². The van der Waals surface area contributed by atoms with Gasteiger partial charge in [-0.25, -0.2) is 0 Å². The zero-order chi connectivity index (χ0) is 16.2. The zero-order valence-electron chi connectivity index (χ0n) is 10.7. The van der Waals surface area contributed by atoms with Gasteiger partial charge >= 0.3 is 12.3 Å². The summed E-state index contributed by atoms with van der Waals surface area (Å²) in [7, 11) is 1.13. The lowest BCUT2D eigenvalue weighted by Crippen LogP contribution is -2.23. The number of hydrogen-bond acceptors (Lipinski definition) is 5. The summed E-state index contributed by atoms with van der Waals surface area (Å²) in [6, 6.07) is 3.13. The maximum absolute atomic E-state index is 12.1. The zero-order valence-corrected chi connectivity index (χ0v) is 12.3. The van der Waals surface area contributed by atoms with E-state index < -0.39 is 36.7 Å². The monoisotopic (exact) mass is 372 g/mol. The molecule has 1 aromatic rings. The summed E-state index contributed by atoms with van der Waals surface area (Å²) >= 11 is 2.97. The first-order chi connectivity index (χ1) is 9.64. The maximum atomic E-state index is 12.1. The molecular weight excluding hydrogens is 361 g/mol. The van der Waals surface area contributed by atoms with Crippen molar-refractivity contribution in [1.29, 1.82) is 0 Å². The maximum Gasteiger partial charge on any atom is 0.573 e. The number of benzene rings is 1. The number of rotatable bonds is 5. The number of aliphatic hydroxyl groups excluding tert-OH is 2. The Labute approximate surface area is 126 Å². The molecule has 0 fully saturated rings. The minimum Gasteiger partial charge on any atom is -0.469 e. The van der Waals surface area contributed by atoms with E-state index in [-0.39, 0.29) is 10.0 Å². The van der Waals surface area contributed by atoms with Crippen LogP contribution >= 0.6 is 15.9 Å². The van der Waals surface area contributed by atoms with Crippen LogP contribution in [0.3, 0.4) is 0 Å². The quantitative estimate of drug-likeness (QED) is 0.775. The highest BCUT2D eigenvalue weighted by Gasteiger charge is 2.31. The molecule has 1 aromatic carbocycles. The minimum absolute atomic E-state index is 0.0978. The molecule has 5 nitrogen and oxygen atoms in total. The second kappa shape index (κ2) is 7.10. The highest BCUT2D eigenvalue weighted by Crippen LogP contribution is 2.32. The van der Waals surface area contributed by atoms with E-state index in [2.05, 4.69) is 25.4 Å². The van der Waals surface area contributed by atoms with Crippen LogP contribution in [0.2, 0.25) is 0 Å². The third-order valence-electron chi connectivity index (χ3n) is 2.49. The molecule has 2 unspecified atom stereocenters. The molecule has 0 saturated carbocycles. The van der Waals surface area contributed by atoms with Crippen molar-refractivity contribution in [2.24, 2.45) is 0 Å². The summed E-state index contributed by atoms with van der Waals surface area (Å²) in [5.41, 5.74) is 0.112. The Hall–Kier alpha value is -1.32. The fraction of sp³-hybridized carbons (Fsp3) is 0.417. The number of aliphatic hydroxyl groups is 2. The van der Waals surface area contributed by atoms with Gasteiger partial charge in [0.1, 0.15) is 11.9 Å². The van der Waals surface area contributed by atoms with Gasteiger partial charge < -0.3 is 19.7 Å². The molecule has 0 radical (unpaired) electrons. The Morgan fingerprint density at radius 1 is 1.38 bits per heavy atom. The number of carbonyl (C=O) groups excluding carboxylic acids is 1. The lowest BCUT2D eigenvalue weighted by molar-refractivity contribution is -0.274. The van der Waals surface area contributed by atoms with Crippen molar-refractivity contribution in [2.75, 3.05) is 7.11 Å². The minimum atomic E-state index is -4.83. The van der Waals surface area contributed by atoms with Gasteiger partial charge in [-0.2, -0.15) is 0 Å². The first-order valence-corrected chi connectivity index (χ1v) is 6.41. The highest BCUT2D eigenvalue weighted by molar-refractivity contribution is 9.10. The Kier molecular flexibility index (Phi) is 5.99. The van der Waals surface area contributed by atoms with Crippen LogP contribution in [0.5, 0.6) is 5.75 Å². The van der Waals surface area contributed by atoms with Gasteiger partial charge in [-0.3, -0.25) is 4.79 Å². The summed E-state index contributed by atoms with van der Waals surface area (Å²) in [4.78, 5) is 11.0. The molecule has 2 N–H and O–H groups in total. The van der Waals surface area contributed by atoms with Crippen molar-refractivity contribution in [3.05, 3.63) is 28.2 Å². The predicted molar refractivity (Wildman–Crippen MR) is 68.4 cm³/mol. The lowest BCUT2D eigenvalue weighted by atomic mass is 10.0. The summed E-state index contributed by atoms with van der Waals surface area (Å²) < 4.78 is 44.3. The van der Waals surface area contributed by atoms with Crippen molar-refractivity contribution >= 4 is 21.9 Å². The summed E-state index contributed by atoms with van der Waals surface area (Å²) in [5, 5.41) is 19.6. The first-order valence-electron chi connectivity index (χ1n) is 5.62. The van der Waals surface area contributed by atoms with Crippen molar-refractivity contribution in [1.82, 2.24) is 0 Å². The lowest BCUT2D eigenvalue weighted by Gasteiger charge is -2.19. The molecule has 9 heteroatoms.